The second kappa shape index (κ2) is 4.87. The van der Waals surface area contributed by atoms with Crippen LogP contribution in [0.4, 0.5) is 0 Å². The molecule has 0 bridgehead atoms. The molecule has 5 heteroatoms. The summed E-state index contributed by atoms with van der Waals surface area (Å²) in [6.07, 6.45) is 0. The first-order chi connectivity index (χ1) is 7.71. The number of hydrogen-bond donors (Lipinski definition) is 2. The summed E-state index contributed by atoms with van der Waals surface area (Å²) in [5, 5.41) is 13.5. The number of hydrogen-bond acceptors (Lipinski definition) is 2. The molecule has 0 spiro atoms. The van der Waals surface area contributed by atoms with Crippen LogP contribution >= 0.6 is 0 Å². The fraction of sp³-hybridized carbons (Fsp3) is 0.667. The highest BCUT2D eigenvalue weighted by molar-refractivity contribution is 5.85. The molecule has 5 nitrogen and oxygen atoms in total. The second-order valence-electron chi connectivity index (χ2n) is 5.65. The first-order valence-corrected chi connectivity index (χ1v) is 5.82. The molecular formula is C12H22N3O2+. The maximum absolute atomic E-state index is 11.1. The molecule has 0 aliphatic heterocycles. The predicted molar refractivity (Wildman–Crippen MR) is 65.6 cm³/mol. The number of carboxylic acids is 1. The van der Waals surface area contributed by atoms with Crippen molar-refractivity contribution in [2.45, 2.75) is 32.7 Å². The number of quaternary nitrogens is 1. The average Bonchev–Trinajstić information content (AvgIpc) is 2.57. The Labute approximate surface area is 102 Å². The Morgan fingerprint density at radius 2 is 2.06 bits per heavy atom. The third-order valence-electron chi connectivity index (χ3n) is 2.59. The highest BCUT2D eigenvalue weighted by atomic mass is 16.4. The lowest BCUT2D eigenvalue weighted by Gasteiger charge is -2.14. The van der Waals surface area contributed by atoms with Crippen molar-refractivity contribution in [2.24, 2.45) is 0 Å². The second-order valence-corrected chi connectivity index (χ2v) is 5.65. The maximum Gasteiger partial charge on any atom is 0.354 e. The van der Waals surface area contributed by atoms with Gasteiger partial charge in [0.15, 0.2) is 0 Å². The molecule has 0 radical (unpaired) electrons. The Balaban J connectivity index is 3.02. The molecule has 0 aromatic carbocycles. The van der Waals surface area contributed by atoms with E-state index >= 15 is 0 Å². The molecule has 0 saturated heterocycles. The minimum absolute atomic E-state index is 0.125. The minimum atomic E-state index is -0.915. The van der Waals surface area contributed by atoms with Crippen molar-refractivity contribution in [3.05, 3.63) is 17.5 Å². The third kappa shape index (κ3) is 3.56. The van der Waals surface area contributed by atoms with Crippen molar-refractivity contribution in [3.63, 3.8) is 0 Å². The van der Waals surface area contributed by atoms with Crippen molar-refractivity contribution >= 4 is 5.97 Å². The summed E-state index contributed by atoms with van der Waals surface area (Å²) in [4.78, 5) is 12.4. The van der Waals surface area contributed by atoms with E-state index in [0.717, 1.165) is 12.2 Å². The van der Waals surface area contributed by atoms with Gasteiger partial charge in [-0.25, -0.2) is 4.79 Å². The molecule has 0 unspecified atom stereocenters. The molecule has 0 saturated carbocycles. The largest absolute Gasteiger partial charge is 0.477 e. The van der Waals surface area contributed by atoms with Crippen LogP contribution in [0.2, 0.25) is 0 Å². The number of carboxylic acid groups (broad SMARTS) is 1. The molecule has 0 amide bonds. The summed E-state index contributed by atoms with van der Waals surface area (Å²) < 4.78 is 1.59. The standard InChI is InChI=1S/C12H21N3O2/c1-12(2,3)10-8-9(11(16)17)15(13-10)7-6-14(4)5/h8H,6-7H2,1-5H3,(H,16,17)/p+1. The summed E-state index contributed by atoms with van der Waals surface area (Å²) in [5.41, 5.74) is 0.972. The molecule has 2 N–H and O–H groups in total. The molecular weight excluding hydrogens is 218 g/mol. The van der Waals surface area contributed by atoms with Crippen LogP contribution < -0.4 is 4.90 Å². The summed E-state index contributed by atoms with van der Waals surface area (Å²) in [6, 6.07) is 1.67. The highest BCUT2D eigenvalue weighted by Gasteiger charge is 2.22. The number of nitrogens with zero attached hydrogens (tertiary/aromatic N) is 2. The number of likely N-dealkylation sites (N-methyl/N-ethyl adjacent to an activating group) is 1. The Morgan fingerprint density at radius 1 is 1.47 bits per heavy atom. The SMILES string of the molecule is C[NH+](C)CCn1nc(C(C)(C)C)cc1C(=O)O. The van der Waals surface area contributed by atoms with Gasteiger partial charge in [-0.3, -0.25) is 4.68 Å². The van der Waals surface area contributed by atoms with E-state index in [2.05, 4.69) is 5.10 Å². The Kier molecular flexibility index (Phi) is 3.93. The molecule has 17 heavy (non-hydrogen) atoms. The zero-order valence-corrected chi connectivity index (χ0v) is 11.2. The fourth-order valence-electron chi connectivity index (χ4n) is 1.46. The zero-order chi connectivity index (χ0) is 13.2. The lowest BCUT2D eigenvalue weighted by Crippen LogP contribution is -3.06. The van der Waals surface area contributed by atoms with Gasteiger partial charge in [0.05, 0.1) is 32.9 Å². The van der Waals surface area contributed by atoms with Gasteiger partial charge in [-0.1, -0.05) is 20.8 Å². The van der Waals surface area contributed by atoms with Gasteiger partial charge < -0.3 is 10.0 Å². The van der Waals surface area contributed by atoms with Crippen molar-refractivity contribution in [1.29, 1.82) is 0 Å². The number of aromatic carboxylic acids is 1. The van der Waals surface area contributed by atoms with Gasteiger partial charge in [0.2, 0.25) is 0 Å². The third-order valence-corrected chi connectivity index (χ3v) is 2.59. The Hall–Kier alpha value is -1.36. The monoisotopic (exact) mass is 240 g/mol. The van der Waals surface area contributed by atoms with Crippen LogP contribution in [0.3, 0.4) is 0 Å². The van der Waals surface area contributed by atoms with E-state index in [4.69, 9.17) is 5.11 Å². The van der Waals surface area contributed by atoms with Crippen LogP contribution in [0.15, 0.2) is 6.07 Å². The zero-order valence-electron chi connectivity index (χ0n) is 11.2. The predicted octanol–water partition coefficient (Wildman–Crippen LogP) is 0.0233. The number of aromatic nitrogens is 2. The van der Waals surface area contributed by atoms with E-state index in [-0.39, 0.29) is 11.1 Å². The molecule has 96 valence electrons. The summed E-state index contributed by atoms with van der Waals surface area (Å²) in [6.45, 7) is 7.57. The summed E-state index contributed by atoms with van der Waals surface area (Å²) in [5.74, 6) is -0.915. The highest BCUT2D eigenvalue weighted by Crippen LogP contribution is 2.21. The number of rotatable bonds is 4. The maximum atomic E-state index is 11.1. The summed E-state index contributed by atoms with van der Waals surface area (Å²) >= 11 is 0. The Morgan fingerprint density at radius 3 is 2.47 bits per heavy atom. The molecule has 0 fully saturated rings. The van der Waals surface area contributed by atoms with Crippen LogP contribution in [0.5, 0.6) is 0 Å². The number of carbonyl (C=O) groups is 1. The number of nitrogens with one attached hydrogen (secondary N) is 1. The van der Waals surface area contributed by atoms with Gasteiger partial charge >= 0.3 is 5.97 Å². The van der Waals surface area contributed by atoms with E-state index in [9.17, 15) is 4.79 Å². The van der Waals surface area contributed by atoms with Crippen LogP contribution in [0.25, 0.3) is 0 Å². The topological polar surface area (TPSA) is 59.6 Å². The van der Waals surface area contributed by atoms with E-state index in [1.54, 1.807) is 10.7 Å². The lowest BCUT2D eigenvalue weighted by molar-refractivity contribution is -0.859. The van der Waals surface area contributed by atoms with E-state index < -0.39 is 5.97 Å². The van der Waals surface area contributed by atoms with Gasteiger partial charge in [0.25, 0.3) is 0 Å². The van der Waals surface area contributed by atoms with Crippen molar-refractivity contribution in [3.8, 4) is 0 Å². The molecule has 0 aliphatic carbocycles. The lowest BCUT2D eigenvalue weighted by atomic mass is 9.92. The Bertz CT molecular complexity index is 402. The van der Waals surface area contributed by atoms with Gasteiger partial charge in [-0.05, 0) is 6.07 Å². The molecule has 1 aromatic heterocycles. The average molecular weight is 240 g/mol. The van der Waals surface area contributed by atoms with E-state index in [0.29, 0.717) is 6.54 Å². The van der Waals surface area contributed by atoms with Crippen molar-refractivity contribution in [1.82, 2.24) is 9.78 Å². The normalized spacial score (nSPS) is 12.1. The minimum Gasteiger partial charge on any atom is -0.477 e. The van der Waals surface area contributed by atoms with Crippen LogP contribution in [-0.2, 0) is 12.0 Å². The first-order valence-electron chi connectivity index (χ1n) is 5.82. The van der Waals surface area contributed by atoms with E-state index in [1.807, 2.05) is 34.9 Å². The van der Waals surface area contributed by atoms with Gasteiger partial charge in [-0.15, -0.1) is 0 Å². The molecule has 1 heterocycles. The quantitative estimate of drug-likeness (QED) is 0.780. The molecule has 0 atom stereocenters. The fourth-order valence-corrected chi connectivity index (χ4v) is 1.46. The van der Waals surface area contributed by atoms with Crippen molar-refractivity contribution < 1.29 is 14.8 Å². The van der Waals surface area contributed by atoms with Crippen LogP contribution in [-0.4, -0.2) is 41.5 Å². The van der Waals surface area contributed by atoms with Crippen LogP contribution in [0, 0.1) is 0 Å². The molecule has 0 aliphatic rings. The van der Waals surface area contributed by atoms with Crippen LogP contribution in [0.1, 0.15) is 37.0 Å². The van der Waals surface area contributed by atoms with Gasteiger partial charge in [-0.2, -0.15) is 5.10 Å². The van der Waals surface area contributed by atoms with Gasteiger partial charge in [0, 0.05) is 5.41 Å². The van der Waals surface area contributed by atoms with E-state index in [1.165, 1.54) is 4.90 Å². The first kappa shape index (κ1) is 13.7. The summed E-state index contributed by atoms with van der Waals surface area (Å²) in [7, 11) is 4.07. The smallest absolute Gasteiger partial charge is 0.354 e. The molecule has 1 rings (SSSR count). The molecule has 1 aromatic rings. The van der Waals surface area contributed by atoms with Gasteiger partial charge in [0.1, 0.15) is 5.69 Å². The van der Waals surface area contributed by atoms with Crippen molar-refractivity contribution in [2.75, 3.05) is 20.6 Å².